The molecule has 12 heteroatoms. The maximum Gasteiger partial charge on any atom is 0.326 e. The lowest BCUT2D eigenvalue weighted by atomic mass is 10.0. The predicted molar refractivity (Wildman–Crippen MR) is 145 cm³/mol. The molecule has 10 nitrogen and oxygen atoms in total. The summed E-state index contributed by atoms with van der Waals surface area (Å²) in [4.78, 5) is 53.1. The van der Waals surface area contributed by atoms with Gasteiger partial charge in [-0.2, -0.15) is 24.4 Å². The number of fused-ring (bicyclic) bond motifs is 1. The molecule has 4 unspecified atom stereocenters. The number of nitrogens with one attached hydrogen (secondary N) is 4. The second-order valence-corrected chi connectivity index (χ2v) is 10.2. The maximum atomic E-state index is 13.0. The highest BCUT2D eigenvalue weighted by molar-refractivity contribution is 7.98. The number of aromatic amines is 1. The Labute approximate surface area is 220 Å². The van der Waals surface area contributed by atoms with E-state index in [1.807, 2.05) is 36.7 Å². The van der Waals surface area contributed by atoms with Gasteiger partial charge in [-0.3, -0.25) is 14.4 Å². The number of carbonyl (C=O) groups excluding carboxylic acids is 3. The Morgan fingerprint density at radius 1 is 1.06 bits per heavy atom. The number of H-pyrrole nitrogens is 1. The van der Waals surface area contributed by atoms with E-state index < -0.39 is 47.9 Å². The predicted octanol–water partition coefficient (Wildman–Crippen LogP) is 0.916. The van der Waals surface area contributed by atoms with E-state index in [0.717, 1.165) is 16.5 Å². The van der Waals surface area contributed by atoms with Crippen molar-refractivity contribution in [2.75, 3.05) is 17.8 Å². The van der Waals surface area contributed by atoms with E-state index in [2.05, 4.69) is 33.6 Å². The third-order valence-corrected chi connectivity index (χ3v) is 6.75. The number of aromatic nitrogens is 1. The average molecular weight is 538 g/mol. The van der Waals surface area contributed by atoms with Crippen molar-refractivity contribution in [1.29, 1.82) is 0 Å². The number of hydrogen-bond acceptors (Lipinski definition) is 7. The molecule has 0 aliphatic rings. The fourth-order valence-electron chi connectivity index (χ4n) is 3.65. The molecule has 3 amide bonds. The van der Waals surface area contributed by atoms with Crippen LogP contribution in [0.5, 0.6) is 0 Å². The van der Waals surface area contributed by atoms with Crippen LogP contribution in [0.1, 0.15) is 25.8 Å². The van der Waals surface area contributed by atoms with Crippen LogP contribution in [-0.2, 0) is 25.6 Å². The second kappa shape index (κ2) is 14.1. The SMILES string of the molecule is CSCCC(NC(=O)C(N)Cc1c[nH]c2ccccc12)C(=O)NC(CS)C(=O)NC(C(=O)O)C(C)C. The highest BCUT2D eigenvalue weighted by Crippen LogP contribution is 2.19. The van der Waals surface area contributed by atoms with Crippen LogP contribution in [0.25, 0.3) is 10.9 Å². The van der Waals surface area contributed by atoms with Crippen LogP contribution >= 0.6 is 24.4 Å². The number of rotatable bonds is 14. The van der Waals surface area contributed by atoms with Crippen LogP contribution in [0.15, 0.2) is 30.5 Å². The Morgan fingerprint density at radius 2 is 1.69 bits per heavy atom. The molecule has 1 heterocycles. The average Bonchev–Trinajstić information content (AvgIpc) is 3.25. The normalized spacial score (nSPS) is 14.6. The summed E-state index contributed by atoms with van der Waals surface area (Å²) >= 11 is 5.65. The van der Waals surface area contributed by atoms with E-state index in [1.54, 1.807) is 13.8 Å². The van der Waals surface area contributed by atoms with Crippen LogP contribution in [-0.4, -0.2) is 75.7 Å². The number of thioether (sulfide) groups is 1. The fourth-order valence-corrected chi connectivity index (χ4v) is 4.38. The van der Waals surface area contributed by atoms with E-state index in [9.17, 15) is 24.3 Å². The van der Waals surface area contributed by atoms with Crippen molar-refractivity contribution in [1.82, 2.24) is 20.9 Å². The highest BCUT2D eigenvalue weighted by atomic mass is 32.2. The molecular weight excluding hydrogens is 502 g/mol. The summed E-state index contributed by atoms with van der Waals surface area (Å²) in [6, 6.07) is 3.70. The van der Waals surface area contributed by atoms with Crippen molar-refractivity contribution in [3.8, 4) is 0 Å². The number of thiol groups is 1. The van der Waals surface area contributed by atoms with Crippen molar-refractivity contribution >= 4 is 59.0 Å². The van der Waals surface area contributed by atoms with E-state index in [0.29, 0.717) is 12.2 Å². The first-order valence-electron chi connectivity index (χ1n) is 11.6. The van der Waals surface area contributed by atoms with Gasteiger partial charge in [-0.15, -0.1) is 0 Å². The molecule has 0 radical (unpaired) electrons. The number of benzene rings is 1. The molecule has 0 fully saturated rings. The van der Waals surface area contributed by atoms with E-state index >= 15 is 0 Å². The lowest BCUT2D eigenvalue weighted by molar-refractivity contribution is -0.143. The van der Waals surface area contributed by atoms with Crippen molar-refractivity contribution < 1.29 is 24.3 Å². The quantitative estimate of drug-likeness (QED) is 0.176. The maximum absolute atomic E-state index is 13.0. The first-order valence-corrected chi connectivity index (χ1v) is 13.7. The number of carboxylic acids is 1. The fraction of sp³-hybridized carbons (Fsp3) is 0.500. The van der Waals surface area contributed by atoms with Crippen LogP contribution in [0, 0.1) is 5.92 Å². The van der Waals surface area contributed by atoms with Crippen LogP contribution in [0.3, 0.4) is 0 Å². The number of carboxylic acid groups (broad SMARTS) is 1. The highest BCUT2D eigenvalue weighted by Gasteiger charge is 2.30. The van der Waals surface area contributed by atoms with Crippen molar-refractivity contribution in [2.24, 2.45) is 11.7 Å². The molecule has 4 atom stereocenters. The second-order valence-electron chi connectivity index (χ2n) is 8.83. The summed E-state index contributed by atoms with van der Waals surface area (Å²) in [6.45, 7) is 3.34. The number of hydrogen-bond donors (Lipinski definition) is 7. The summed E-state index contributed by atoms with van der Waals surface area (Å²) in [6.07, 6.45) is 4.29. The molecule has 2 aromatic rings. The number of nitrogens with two attached hydrogens (primary N) is 1. The Kier molecular flexibility index (Phi) is 11.6. The van der Waals surface area contributed by atoms with Gasteiger partial charge in [0.15, 0.2) is 0 Å². The third kappa shape index (κ3) is 8.17. The topological polar surface area (TPSA) is 166 Å². The smallest absolute Gasteiger partial charge is 0.326 e. The zero-order valence-corrected chi connectivity index (χ0v) is 22.3. The molecule has 0 saturated heterocycles. The lowest BCUT2D eigenvalue weighted by Gasteiger charge is -2.25. The number of carbonyl (C=O) groups is 4. The van der Waals surface area contributed by atoms with Gasteiger partial charge in [0.25, 0.3) is 0 Å². The van der Waals surface area contributed by atoms with E-state index in [1.165, 1.54) is 11.8 Å². The minimum absolute atomic E-state index is 0.0503. The van der Waals surface area contributed by atoms with Crippen molar-refractivity contribution in [3.63, 3.8) is 0 Å². The number of para-hydroxylation sites is 1. The molecule has 0 saturated carbocycles. The molecule has 1 aromatic heterocycles. The van der Waals surface area contributed by atoms with Gasteiger partial charge in [-0.1, -0.05) is 32.0 Å². The molecule has 7 N–H and O–H groups in total. The molecule has 0 aliphatic carbocycles. The molecule has 0 aliphatic heterocycles. The van der Waals surface area contributed by atoms with E-state index in [-0.39, 0.29) is 18.1 Å². The Balaban J connectivity index is 2.05. The zero-order chi connectivity index (χ0) is 26.8. The van der Waals surface area contributed by atoms with E-state index in [4.69, 9.17) is 5.73 Å². The molecule has 0 bridgehead atoms. The first kappa shape index (κ1) is 29.5. The standard InChI is InChI=1S/C24H35N5O5S2/c1-13(2)20(24(33)34)29-23(32)19(12-35)28-22(31)18(8-9-36-3)27-21(30)16(25)10-14-11-26-17-7-5-4-6-15(14)17/h4-7,11,13,16,18-20,26,35H,8-10,12,25H2,1-3H3,(H,27,30)(H,28,31)(H,29,32)(H,33,34). The minimum Gasteiger partial charge on any atom is -0.480 e. The Hall–Kier alpha value is -2.70. The van der Waals surface area contributed by atoms with Crippen molar-refractivity contribution in [3.05, 3.63) is 36.0 Å². The van der Waals surface area contributed by atoms with Gasteiger partial charge in [-0.05, 0) is 42.4 Å². The first-order chi connectivity index (χ1) is 17.1. The lowest BCUT2D eigenvalue weighted by Crippen LogP contribution is -2.58. The minimum atomic E-state index is -1.17. The van der Waals surface area contributed by atoms with Crippen molar-refractivity contribution in [2.45, 2.75) is 50.9 Å². The van der Waals surface area contributed by atoms with Crippen LogP contribution in [0.4, 0.5) is 0 Å². The van der Waals surface area contributed by atoms with Crippen LogP contribution < -0.4 is 21.7 Å². The van der Waals surface area contributed by atoms with Crippen LogP contribution in [0.2, 0.25) is 0 Å². The largest absolute Gasteiger partial charge is 0.480 e. The molecular formula is C24H35N5O5S2. The monoisotopic (exact) mass is 537 g/mol. The third-order valence-electron chi connectivity index (χ3n) is 5.74. The molecule has 1 aromatic carbocycles. The van der Waals surface area contributed by atoms with Gasteiger partial charge in [0.2, 0.25) is 17.7 Å². The summed E-state index contributed by atoms with van der Waals surface area (Å²) in [5.41, 5.74) is 8.00. The zero-order valence-electron chi connectivity index (χ0n) is 20.6. The summed E-state index contributed by atoms with van der Waals surface area (Å²) in [5.74, 6) is -2.70. The number of aliphatic carboxylic acids is 1. The molecule has 0 spiro atoms. The van der Waals surface area contributed by atoms with Gasteiger partial charge in [0, 0.05) is 22.9 Å². The van der Waals surface area contributed by atoms with Gasteiger partial charge >= 0.3 is 5.97 Å². The van der Waals surface area contributed by atoms with Gasteiger partial charge in [-0.25, -0.2) is 4.79 Å². The Bertz CT molecular complexity index is 1060. The summed E-state index contributed by atoms with van der Waals surface area (Å²) in [5, 5.41) is 18.0. The molecule has 36 heavy (non-hydrogen) atoms. The summed E-state index contributed by atoms with van der Waals surface area (Å²) in [7, 11) is 0. The molecule has 2 rings (SSSR count). The summed E-state index contributed by atoms with van der Waals surface area (Å²) < 4.78 is 0. The number of amides is 3. The van der Waals surface area contributed by atoms with Gasteiger partial charge in [0.05, 0.1) is 6.04 Å². The van der Waals surface area contributed by atoms with Gasteiger partial charge in [0.1, 0.15) is 18.1 Å². The molecule has 198 valence electrons. The Morgan fingerprint density at radius 3 is 2.31 bits per heavy atom. The van der Waals surface area contributed by atoms with Gasteiger partial charge < -0.3 is 31.8 Å².